The molecular weight excluding hydrogens is 386 g/mol. The lowest BCUT2D eigenvalue weighted by Crippen LogP contribution is -2.46. The maximum absolute atomic E-state index is 6.00. The Kier molecular flexibility index (Phi) is 7.47. The molecule has 6 nitrogen and oxygen atoms in total. The van der Waals surface area contributed by atoms with E-state index in [9.17, 15) is 0 Å². The Hall–Kier alpha value is -2.96. The predicted molar refractivity (Wildman–Crippen MR) is 124 cm³/mol. The van der Waals surface area contributed by atoms with E-state index in [1.54, 1.807) is 6.20 Å². The van der Waals surface area contributed by atoms with Gasteiger partial charge < -0.3 is 19.9 Å². The fourth-order valence-corrected chi connectivity index (χ4v) is 3.77. The van der Waals surface area contributed by atoms with E-state index in [1.165, 1.54) is 5.56 Å². The van der Waals surface area contributed by atoms with Crippen molar-refractivity contribution in [2.75, 3.05) is 37.6 Å². The van der Waals surface area contributed by atoms with Crippen LogP contribution in [-0.2, 0) is 19.7 Å². The van der Waals surface area contributed by atoms with Gasteiger partial charge in [-0.25, -0.2) is 4.98 Å². The van der Waals surface area contributed by atoms with Crippen molar-refractivity contribution in [1.29, 1.82) is 0 Å². The summed E-state index contributed by atoms with van der Waals surface area (Å²) in [5.41, 5.74) is 3.24. The molecule has 4 rings (SSSR count). The van der Waals surface area contributed by atoms with Crippen LogP contribution in [0.25, 0.3) is 0 Å². The number of ether oxygens (including phenoxy) is 1. The molecule has 0 unspecified atom stereocenters. The van der Waals surface area contributed by atoms with Crippen LogP contribution in [0, 0.1) is 0 Å². The lowest BCUT2D eigenvalue weighted by Gasteiger charge is -2.34. The average Bonchev–Trinajstić information content (AvgIpc) is 2.84. The van der Waals surface area contributed by atoms with Crippen LogP contribution in [0.1, 0.15) is 23.7 Å². The van der Waals surface area contributed by atoms with Gasteiger partial charge in [-0.1, -0.05) is 37.3 Å². The Morgan fingerprint density at radius 1 is 0.903 bits per heavy atom. The van der Waals surface area contributed by atoms with Crippen LogP contribution in [-0.4, -0.2) is 47.6 Å². The normalized spacial score (nSPS) is 14.5. The summed E-state index contributed by atoms with van der Waals surface area (Å²) in [7, 11) is 0. The van der Waals surface area contributed by atoms with Crippen molar-refractivity contribution in [2.24, 2.45) is 0 Å². The van der Waals surface area contributed by atoms with E-state index >= 15 is 0 Å². The number of rotatable bonds is 9. The molecular formula is C25H31N5O. The first-order chi connectivity index (χ1) is 15.3. The van der Waals surface area contributed by atoms with E-state index in [-0.39, 0.29) is 0 Å². The summed E-state index contributed by atoms with van der Waals surface area (Å²) in [5, 5.41) is 3.51. The first-order valence-electron chi connectivity index (χ1n) is 11.1. The summed E-state index contributed by atoms with van der Waals surface area (Å²) < 4.78 is 6.00. The highest BCUT2D eigenvalue weighted by Crippen LogP contribution is 2.19. The first kappa shape index (κ1) is 21.3. The largest absolute Gasteiger partial charge is 0.487 e. The summed E-state index contributed by atoms with van der Waals surface area (Å²) in [6.45, 7) is 9.65. The van der Waals surface area contributed by atoms with Gasteiger partial charge in [-0.15, -0.1) is 0 Å². The van der Waals surface area contributed by atoms with Gasteiger partial charge in [0.1, 0.15) is 18.2 Å². The molecule has 1 aliphatic rings. The fraction of sp³-hybridized carbons (Fsp3) is 0.360. The number of hydrogen-bond donors (Lipinski definition) is 1. The average molecular weight is 418 g/mol. The molecule has 0 radical (unpaired) electrons. The van der Waals surface area contributed by atoms with E-state index in [0.717, 1.165) is 68.6 Å². The van der Waals surface area contributed by atoms with Crippen molar-refractivity contribution in [2.45, 2.75) is 26.6 Å². The molecule has 31 heavy (non-hydrogen) atoms. The summed E-state index contributed by atoms with van der Waals surface area (Å²) in [4.78, 5) is 13.9. The third-order valence-electron chi connectivity index (χ3n) is 5.67. The number of para-hydroxylation sites is 1. The second-order valence-corrected chi connectivity index (χ2v) is 7.77. The Morgan fingerprint density at radius 2 is 1.74 bits per heavy atom. The Bertz CT molecular complexity index is 924. The highest BCUT2D eigenvalue weighted by Gasteiger charge is 2.16. The number of benzene rings is 1. The highest BCUT2D eigenvalue weighted by atomic mass is 16.5. The maximum Gasteiger partial charge on any atom is 0.130 e. The summed E-state index contributed by atoms with van der Waals surface area (Å²) in [6.07, 6.45) is 3.77. The smallest absolute Gasteiger partial charge is 0.130 e. The summed E-state index contributed by atoms with van der Waals surface area (Å²) in [5.74, 6) is 1.97. The third-order valence-corrected chi connectivity index (χ3v) is 5.67. The van der Waals surface area contributed by atoms with Crippen LogP contribution in [0.15, 0.2) is 67.0 Å². The van der Waals surface area contributed by atoms with Gasteiger partial charge in [0.2, 0.25) is 0 Å². The SMILES string of the molecule is CCN1CCN(c2ccc(CNCc3ccccc3OCc3ccccn3)cn2)CC1. The molecule has 3 aromatic rings. The minimum absolute atomic E-state index is 0.468. The van der Waals surface area contributed by atoms with E-state index in [2.05, 4.69) is 45.2 Å². The summed E-state index contributed by atoms with van der Waals surface area (Å²) >= 11 is 0. The molecule has 0 bridgehead atoms. The number of nitrogens with zero attached hydrogens (tertiary/aromatic N) is 4. The molecule has 1 saturated heterocycles. The number of piperazine rings is 1. The number of hydrogen-bond acceptors (Lipinski definition) is 6. The maximum atomic E-state index is 6.00. The van der Waals surface area contributed by atoms with Crippen molar-refractivity contribution in [1.82, 2.24) is 20.2 Å². The lowest BCUT2D eigenvalue weighted by molar-refractivity contribution is 0.270. The van der Waals surface area contributed by atoms with Gasteiger partial charge in [0, 0.05) is 57.2 Å². The van der Waals surface area contributed by atoms with Crippen molar-refractivity contribution >= 4 is 5.82 Å². The van der Waals surface area contributed by atoms with Gasteiger partial charge >= 0.3 is 0 Å². The monoisotopic (exact) mass is 417 g/mol. The van der Waals surface area contributed by atoms with Gasteiger partial charge in [-0.3, -0.25) is 4.98 Å². The van der Waals surface area contributed by atoms with Crippen LogP contribution in [0.5, 0.6) is 5.75 Å². The molecule has 0 amide bonds. The lowest BCUT2D eigenvalue weighted by atomic mass is 10.2. The molecule has 6 heteroatoms. The number of nitrogens with one attached hydrogen (secondary N) is 1. The van der Waals surface area contributed by atoms with Crippen molar-refractivity contribution in [3.63, 3.8) is 0 Å². The van der Waals surface area contributed by atoms with Crippen LogP contribution < -0.4 is 15.0 Å². The molecule has 0 atom stereocenters. The molecule has 3 heterocycles. The molecule has 1 aliphatic heterocycles. The highest BCUT2D eigenvalue weighted by molar-refractivity contribution is 5.40. The van der Waals surface area contributed by atoms with Crippen LogP contribution in [0.2, 0.25) is 0 Å². The van der Waals surface area contributed by atoms with E-state index in [4.69, 9.17) is 9.72 Å². The zero-order valence-electron chi connectivity index (χ0n) is 18.2. The summed E-state index contributed by atoms with van der Waals surface area (Å²) in [6, 6.07) is 18.3. The van der Waals surface area contributed by atoms with Gasteiger partial charge in [0.25, 0.3) is 0 Å². The quantitative estimate of drug-likeness (QED) is 0.575. The molecule has 1 aromatic carbocycles. The zero-order chi connectivity index (χ0) is 21.3. The number of pyridine rings is 2. The van der Waals surface area contributed by atoms with Crippen LogP contribution in [0.3, 0.4) is 0 Å². The van der Waals surface area contributed by atoms with Gasteiger partial charge in [0.05, 0.1) is 5.69 Å². The minimum Gasteiger partial charge on any atom is -0.487 e. The molecule has 162 valence electrons. The number of aromatic nitrogens is 2. The van der Waals surface area contributed by atoms with E-state index in [0.29, 0.717) is 6.61 Å². The van der Waals surface area contributed by atoms with Gasteiger partial charge in [-0.2, -0.15) is 0 Å². The predicted octanol–water partition coefficient (Wildman–Crippen LogP) is 3.49. The number of likely N-dealkylation sites (N-methyl/N-ethyl adjacent to an activating group) is 1. The van der Waals surface area contributed by atoms with Crippen LogP contribution >= 0.6 is 0 Å². The molecule has 1 fully saturated rings. The molecule has 0 aliphatic carbocycles. The first-order valence-corrected chi connectivity index (χ1v) is 11.1. The zero-order valence-corrected chi connectivity index (χ0v) is 18.2. The molecule has 0 saturated carbocycles. The van der Waals surface area contributed by atoms with E-state index < -0.39 is 0 Å². The third kappa shape index (κ3) is 6.03. The second-order valence-electron chi connectivity index (χ2n) is 7.77. The van der Waals surface area contributed by atoms with Gasteiger partial charge in [-0.05, 0) is 36.4 Å². The minimum atomic E-state index is 0.468. The van der Waals surface area contributed by atoms with E-state index in [1.807, 2.05) is 42.6 Å². The molecule has 2 aromatic heterocycles. The Labute approximate surface area is 184 Å². The topological polar surface area (TPSA) is 53.5 Å². The Balaban J connectivity index is 1.27. The van der Waals surface area contributed by atoms with Gasteiger partial charge in [0.15, 0.2) is 0 Å². The standard InChI is InChI=1S/C25H31N5O/c1-2-29-13-15-30(16-14-29)25-11-10-21(18-28-25)17-26-19-22-7-3-4-9-24(22)31-20-23-8-5-6-12-27-23/h3-12,18,26H,2,13-17,19-20H2,1H3. The van der Waals surface area contributed by atoms with Crippen molar-refractivity contribution < 1.29 is 4.74 Å². The molecule has 1 N–H and O–H groups in total. The van der Waals surface area contributed by atoms with Crippen molar-refractivity contribution in [3.8, 4) is 5.75 Å². The fourth-order valence-electron chi connectivity index (χ4n) is 3.77. The molecule has 0 spiro atoms. The Morgan fingerprint density at radius 3 is 2.48 bits per heavy atom. The van der Waals surface area contributed by atoms with Crippen LogP contribution in [0.4, 0.5) is 5.82 Å². The van der Waals surface area contributed by atoms with Crippen molar-refractivity contribution in [3.05, 3.63) is 83.8 Å². The second kappa shape index (κ2) is 10.9. The number of anilines is 1.